The van der Waals surface area contributed by atoms with Crippen LogP contribution in [0.25, 0.3) is 27.7 Å². The molecular formula is C24H20FNO4. The second-order valence-electron chi connectivity index (χ2n) is 6.67. The fraction of sp³-hybridized carbons (Fsp3) is 0.125. The highest BCUT2D eigenvalue weighted by Gasteiger charge is 2.17. The average Bonchev–Trinajstić information content (AvgIpc) is 2.78. The molecule has 0 unspecified atom stereocenters. The van der Waals surface area contributed by atoms with Crippen LogP contribution in [0.3, 0.4) is 0 Å². The molecule has 0 saturated carbocycles. The van der Waals surface area contributed by atoms with Gasteiger partial charge in [0.15, 0.2) is 11.5 Å². The molecule has 4 aromatic rings. The van der Waals surface area contributed by atoms with E-state index in [1.807, 2.05) is 6.07 Å². The minimum Gasteiger partial charge on any atom is -0.497 e. The molecule has 4 rings (SSSR count). The quantitative estimate of drug-likeness (QED) is 0.478. The molecule has 1 heterocycles. The van der Waals surface area contributed by atoms with Crippen molar-refractivity contribution in [2.45, 2.75) is 0 Å². The standard InChI is InChI=1S/C24H20FNO4/c1-28-19-10-8-18(9-11-19)26-23(27)13-16-12-21(29-2)22(30-3)14-20(16)24(26)15-4-6-17(25)7-5-15/h4-14H,1-3H3. The lowest BCUT2D eigenvalue weighted by atomic mass is 10.0. The topological polar surface area (TPSA) is 49.7 Å². The Morgan fingerprint density at radius 1 is 0.767 bits per heavy atom. The molecule has 6 heteroatoms. The fourth-order valence-corrected chi connectivity index (χ4v) is 3.53. The summed E-state index contributed by atoms with van der Waals surface area (Å²) in [5.41, 5.74) is 1.77. The first-order chi connectivity index (χ1) is 14.5. The summed E-state index contributed by atoms with van der Waals surface area (Å²) in [6.07, 6.45) is 0. The van der Waals surface area contributed by atoms with E-state index in [1.54, 1.807) is 74.4 Å². The third kappa shape index (κ3) is 3.37. The average molecular weight is 405 g/mol. The van der Waals surface area contributed by atoms with Crippen molar-refractivity contribution in [3.05, 3.63) is 82.9 Å². The van der Waals surface area contributed by atoms with E-state index in [9.17, 15) is 9.18 Å². The third-order valence-corrected chi connectivity index (χ3v) is 4.98. The molecule has 0 aliphatic heterocycles. The second kappa shape index (κ2) is 7.91. The highest BCUT2D eigenvalue weighted by Crippen LogP contribution is 2.37. The summed E-state index contributed by atoms with van der Waals surface area (Å²) in [7, 11) is 4.69. The smallest absolute Gasteiger partial charge is 0.256 e. The van der Waals surface area contributed by atoms with Crippen LogP contribution in [0.2, 0.25) is 0 Å². The number of aromatic nitrogens is 1. The molecule has 0 radical (unpaired) electrons. The summed E-state index contributed by atoms with van der Waals surface area (Å²) in [5.74, 6) is 1.39. The maximum atomic E-state index is 13.6. The zero-order valence-electron chi connectivity index (χ0n) is 16.8. The van der Waals surface area contributed by atoms with E-state index in [4.69, 9.17) is 14.2 Å². The van der Waals surface area contributed by atoms with Crippen molar-refractivity contribution < 1.29 is 18.6 Å². The molecule has 3 aromatic carbocycles. The number of ether oxygens (including phenoxy) is 3. The molecule has 0 fully saturated rings. The van der Waals surface area contributed by atoms with Gasteiger partial charge in [0.1, 0.15) is 11.6 Å². The van der Waals surface area contributed by atoms with Crippen LogP contribution in [0.5, 0.6) is 17.2 Å². The van der Waals surface area contributed by atoms with Gasteiger partial charge in [-0.2, -0.15) is 0 Å². The highest BCUT2D eigenvalue weighted by atomic mass is 19.1. The predicted octanol–water partition coefficient (Wildman–Crippen LogP) is 4.82. The largest absolute Gasteiger partial charge is 0.497 e. The first kappa shape index (κ1) is 19.5. The molecule has 0 saturated heterocycles. The number of nitrogens with zero attached hydrogens (tertiary/aromatic N) is 1. The van der Waals surface area contributed by atoms with Crippen molar-refractivity contribution in [2.75, 3.05) is 21.3 Å². The lowest BCUT2D eigenvalue weighted by molar-refractivity contribution is 0.356. The van der Waals surface area contributed by atoms with Crippen LogP contribution < -0.4 is 19.8 Å². The van der Waals surface area contributed by atoms with Crippen LogP contribution in [0.1, 0.15) is 0 Å². The number of hydrogen-bond donors (Lipinski definition) is 0. The van der Waals surface area contributed by atoms with Crippen LogP contribution >= 0.6 is 0 Å². The summed E-state index contributed by atoms with van der Waals surface area (Å²) >= 11 is 0. The molecule has 0 aliphatic carbocycles. The van der Waals surface area contributed by atoms with Crippen molar-refractivity contribution in [3.8, 4) is 34.2 Å². The minimum atomic E-state index is -0.350. The molecule has 0 atom stereocenters. The molecule has 0 bridgehead atoms. The van der Waals surface area contributed by atoms with E-state index in [1.165, 1.54) is 12.1 Å². The monoisotopic (exact) mass is 405 g/mol. The summed E-state index contributed by atoms with van der Waals surface area (Å²) in [4.78, 5) is 13.2. The van der Waals surface area contributed by atoms with Gasteiger partial charge in [-0.05, 0) is 71.6 Å². The molecular weight excluding hydrogens is 385 g/mol. The third-order valence-electron chi connectivity index (χ3n) is 4.98. The SMILES string of the molecule is COc1ccc(-n2c(-c3ccc(F)cc3)c3cc(OC)c(OC)cc3cc2=O)cc1. The van der Waals surface area contributed by atoms with Crippen molar-refractivity contribution in [1.82, 2.24) is 4.57 Å². The summed E-state index contributed by atoms with van der Waals surface area (Å²) < 4.78 is 31.3. The van der Waals surface area contributed by atoms with Gasteiger partial charge in [0, 0.05) is 17.1 Å². The molecule has 30 heavy (non-hydrogen) atoms. The van der Waals surface area contributed by atoms with Crippen molar-refractivity contribution >= 4 is 10.8 Å². The maximum absolute atomic E-state index is 13.6. The first-order valence-electron chi connectivity index (χ1n) is 9.28. The van der Waals surface area contributed by atoms with Gasteiger partial charge in [-0.3, -0.25) is 9.36 Å². The molecule has 0 spiro atoms. The highest BCUT2D eigenvalue weighted by molar-refractivity contribution is 5.97. The van der Waals surface area contributed by atoms with Gasteiger partial charge < -0.3 is 14.2 Å². The molecule has 0 N–H and O–H groups in total. The van der Waals surface area contributed by atoms with E-state index in [2.05, 4.69) is 0 Å². The van der Waals surface area contributed by atoms with Crippen LogP contribution in [0, 0.1) is 5.82 Å². The Labute approximate surface area is 172 Å². The number of methoxy groups -OCH3 is 3. The number of pyridine rings is 1. The fourth-order valence-electron chi connectivity index (χ4n) is 3.53. The molecule has 5 nitrogen and oxygen atoms in total. The Hall–Kier alpha value is -3.80. The van der Waals surface area contributed by atoms with E-state index < -0.39 is 0 Å². The van der Waals surface area contributed by atoms with Crippen LogP contribution in [-0.4, -0.2) is 25.9 Å². The van der Waals surface area contributed by atoms with Gasteiger partial charge in [-0.1, -0.05) is 0 Å². The second-order valence-corrected chi connectivity index (χ2v) is 6.67. The van der Waals surface area contributed by atoms with Crippen molar-refractivity contribution in [3.63, 3.8) is 0 Å². The van der Waals surface area contributed by atoms with E-state index >= 15 is 0 Å². The minimum absolute atomic E-state index is 0.223. The van der Waals surface area contributed by atoms with Crippen LogP contribution in [0.4, 0.5) is 4.39 Å². The van der Waals surface area contributed by atoms with E-state index in [-0.39, 0.29) is 11.4 Å². The number of halogens is 1. The Kier molecular flexibility index (Phi) is 5.14. The summed E-state index contributed by atoms with van der Waals surface area (Å²) in [6, 6.07) is 18.4. The lowest BCUT2D eigenvalue weighted by Crippen LogP contribution is -2.19. The van der Waals surface area contributed by atoms with Gasteiger partial charge in [0.25, 0.3) is 5.56 Å². The maximum Gasteiger partial charge on any atom is 0.256 e. The van der Waals surface area contributed by atoms with Crippen LogP contribution in [-0.2, 0) is 0 Å². The Bertz CT molecular complexity index is 1260. The first-order valence-corrected chi connectivity index (χ1v) is 9.28. The Morgan fingerprint density at radius 3 is 2.00 bits per heavy atom. The normalized spacial score (nSPS) is 10.8. The van der Waals surface area contributed by atoms with Gasteiger partial charge in [0.05, 0.1) is 27.0 Å². The summed E-state index contributed by atoms with van der Waals surface area (Å²) in [6.45, 7) is 0. The molecule has 0 aliphatic rings. The Balaban J connectivity index is 2.11. The zero-order chi connectivity index (χ0) is 21.3. The Morgan fingerprint density at radius 2 is 1.40 bits per heavy atom. The van der Waals surface area contributed by atoms with Crippen LogP contribution in [0.15, 0.2) is 71.5 Å². The van der Waals surface area contributed by atoms with Gasteiger partial charge in [-0.25, -0.2) is 4.39 Å². The van der Waals surface area contributed by atoms with Crippen molar-refractivity contribution in [2.24, 2.45) is 0 Å². The van der Waals surface area contributed by atoms with E-state index in [0.29, 0.717) is 39.6 Å². The number of hydrogen-bond acceptors (Lipinski definition) is 4. The number of fused-ring (bicyclic) bond motifs is 1. The van der Waals surface area contributed by atoms with E-state index in [0.717, 1.165) is 5.39 Å². The molecule has 0 amide bonds. The molecule has 1 aromatic heterocycles. The lowest BCUT2D eigenvalue weighted by Gasteiger charge is -2.18. The predicted molar refractivity (Wildman–Crippen MR) is 115 cm³/mol. The number of benzene rings is 3. The number of rotatable bonds is 5. The van der Waals surface area contributed by atoms with Gasteiger partial charge in [0.2, 0.25) is 0 Å². The van der Waals surface area contributed by atoms with Crippen molar-refractivity contribution in [1.29, 1.82) is 0 Å². The van der Waals surface area contributed by atoms with Gasteiger partial charge >= 0.3 is 0 Å². The van der Waals surface area contributed by atoms with Gasteiger partial charge in [-0.15, -0.1) is 0 Å². The zero-order valence-corrected chi connectivity index (χ0v) is 16.8. The molecule has 152 valence electrons. The summed E-state index contributed by atoms with van der Waals surface area (Å²) in [5, 5.41) is 1.47.